The molecule has 166 valence electrons. The number of aliphatic hydroxyl groups excluding tert-OH is 4. The number of rotatable bonds is 4. The van der Waals surface area contributed by atoms with Crippen molar-refractivity contribution in [3.05, 3.63) is 11.1 Å². The van der Waals surface area contributed by atoms with E-state index in [2.05, 4.69) is 0 Å². The van der Waals surface area contributed by atoms with Gasteiger partial charge < -0.3 is 35.0 Å². The fourth-order valence-corrected chi connectivity index (χ4v) is 5.05. The third-order valence-electron chi connectivity index (χ3n) is 7.00. The second kappa shape index (κ2) is 8.34. The number of aliphatic hydroxyl groups is 5. The van der Waals surface area contributed by atoms with E-state index in [1.807, 2.05) is 13.8 Å². The van der Waals surface area contributed by atoms with Crippen molar-refractivity contribution in [3.8, 4) is 0 Å². The van der Waals surface area contributed by atoms with E-state index in [-0.39, 0.29) is 23.5 Å². The van der Waals surface area contributed by atoms with Crippen LogP contribution in [0.5, 0.6) is 0 Å². The van der Waals surface area contributed by atoms with Crippen LogP contribution in [0.15, 0.2) is 11.1 Å². The van der Waals surface area contributed by atoms with Gasteiger partial charge in [-0.15, -0.1) is 0 Å². The van der Waals surface area contributed by atoms with Crippen molar-refractivity contribution < 1.29 is 39.8 Å². The molecule has 0 aromatic carbocycles. The van der Waals surface area contributed by atoms with E-state index in [9.17, 15) is 30.3 Å². The molecule has 0 amide bonds. The predicted octanol–water partition coefficient (Wildman–Crippen LogP) is -0.106. The molecule has 9 unspecified atom stereocenters. The van der Waals surface area contributed by atoms with E-state index in [0.29, 0.717) is 19.3 Å². The van der Waals surface area contributed by atoms with E-state index < -0.39 is 49.0 Å². The molecule has 2 fully saturated rings. The van der Waals surface area contributed by atoms with Crippen LogP contribution in [-0.2, 0) is 14.3 Å². The van der Waals surface area contributed by atoms with Gasteiger partial charge in [-0.05, 0) is 51.0 Å². The highest BCUT2D eigenvalue weighted by atomic mass is 16.7. The molecule has 8 heteroatoms. The second-order valence-electron chi connectivity index (χ2n) is 9.43. The van der Waals surface area contributed by atoms with Crippen LogP contribution in [0, 0.1) is 17.8 Å². The van der Waals surface area contributed by atoms with E-state index in [4.69, 9.17) is 9.47 Å². The van der Waals surface area contributed by atoms with Gasteiger partial charge in [0.1, 0.15) is 24.4 Å². The third kappa shape index (κ3) is 4.30. The molecule has 0 spiro atoms. The topological polar surface area (TPSA) is 137 Å². The van der Waals surface area contributed by atoms with Crippen LogP contribution >= 0.6 is 0 Å². The quantitative estimate of drug-likeness (QED) is 0.430. The van der Waals surface area contributed by atoms with Crippen LogP contribution in [0.3, 0.4) is 0 Å². The number of carbonyl (C=O) groups is 1. The van der Waals surface area contributed by atoms with Gasteiger partial charge in [0.2, 0.25) is 0 Å². The van der Waals surface area contributed by atoms with Crippen LogP contribution in [0.25, 0.3) is 0 Å². The zero-order valence-electron chi connectivity index (χ0n) is 17.5. The molecule has 0 aromatic heterocycles. The summed E-state index contributed by atoms with van der Waals surface area (Å²) in [6.07, 6.45) is -5.76. The molecule has 0 aromatic rings. The molecule has 5 N–H and O–H groups in total. The van der Waals surface area contributed by atoms with Gasteiger partial charge in [-0.2, -0.15) is 0 Å². The van der Waals surface area contributed by atoms with Gasteiger partial charge in [0.25, 0.3) is 0 Å². The van der Waals surface area contributed by atoms with Crippen LogP contribution in [0.1, 0.15) is 47.0 Å². The van der Waals surface area contributed by atoms with Gasteiger partial charge in [0.05, 0.1) is 18.3 Å². The van der Waals surface area contributed by atoms with Crippen molar-refractivity contribution in [2.75, 3.05) is 6.61 Å². The number of ketones is 1. The molecule has 8 nitrogen and oxygen atoms in total. The molecule has 9 atom stereocenters. The first kappa shape index (κ1) is 22.8. The van der Waals surface area contributed by atoms with Crippen LogP contribution in [0.4, 0.5) is 0 Å². The maximum Gasteiger partial charge on any atom is 0.186 e. The molecule has 0 radical (unpaired) electrons. The minimum absolute atomic E-state index is 0.107. The number of allylic oxidation sites excluding steroid dienone is 2. The lowest BCUT2D eigenvalue weighted by atomic mass is 9.81. The summed E-state index contributed by atoms with van der Waals surface area (Å²) in [5, 5.41) is 50.7. The van der Waals surface area contributed by atoms with Crippen LogP contribution in [0.2, 0.25) is 0 Å². The Morgan fingerprint density at radius 2 is 1.79 bits per heavy atom. The highest BCUT2D eigenvalue weighted by molar-refractivity contribution is 5.98. The molecule has 2 aliphatic carbocycles. The largest absolute Gasteiger partial charge is 0.394 e. The second-order valence-corrected chi connectivity index (χ2v) is 9.43. The van der Waals surface area contributed by atoms with E-state index >= 15 is 0 Å². The Labute approximate surface area is 171 Å². The normalized spacial score (nSPS) is 44.0. The first-order valence-corrected chi connectivity index (χ1v) is 10.4. The Morgan fingerprint density at radius 3 is 2.38 bits per heavy atom. The smallest absolute Gasteiger partial charge is 0.186 e. The zero-order chi connectivity index (χ0) is 21.7. The average Bonchev–Trinajstić information content (AvgIpc) is 2.84. The molecule has 1 saturated carbocycles. The van der Waals surface area contributed by atoms with Gasteiger partial charge in [-0.3, -0.25) is 4.79 Å². The van der Waals surface area contributed by atoms with Crippen LogP contribution in [-0.4, -0.2) is 80.3 Å². The van der Waals surface area contributed by atoms with E-state index in [1.165, 1.54) is 0 Å². The summed E-state index contributed by atoms with van der Waals surface area (Å²) in [6, 6.07) is 0. The van der Waals surface area contributed by atoms with Crippen molar-refractivity contribution in [1.82, 2.24) is 0 Å². The maximum absolute atomic E-state index is 12.3. The third-order valence-corrected chi connectivity index (χ3v) is 7.00. The summed E-state index contributed by atoms with van der Waals surface area (Å²) in [6.45, 7) is 6.74. The standard InChI is InChI=1S/C21H34O8/c1-9-5-15(28-20-19(26)18(25)17(24)16(8-22)29-20)13(21(3,4)27)6-12-10(2)14(23)7-11(9)12/h9,11,13,15-20,22,24-27H,5-8H2,1-4H3. The minimum Gasteiger partial charge on any atom is -0.394 e. The lowest BCUT2D eigenvalue weighted by molar-refractivity contribution is -0.319. The molecule has 29 heavy (non-hydrogen) atoms. The summed E-state index contributed by atoms with van der Waals surface area (Å²) in [5.41, 5.74) is 0.714. The summed E-state index contributed by atoms with van der Waals surface area (Å²) in [4.78, 5) is 12.3. The molecule has 0 bridgehead atoms. The molecule has 1 saturated heterocycles. The van der Waals surface area contributed by atoms with E-state index in [0.717, 1.165) is 11.1 Å². The van der Waals surface area contributed by atoms with Crippen molar-refractivity contribution >= 4 is 5.78 Å². The number of hydrogen-bond donors (Lipinski definition) is 5. The SMILES string of the molecule is CC1=C2CC(C(C)(C)O)C(OC3OC(CO)C(O)C(O)C3O)CC(C)C2CC1=O. The first-order chi connectivity index (χ1) is 13.5. The highest BCUT2D eigenvalue weighted by Gasteiger charge is 2.49. The monoisotopic (exact) mass is 414 g/mol. The van der Waals surface area contributed by atoms with E-state index in [1.54, 1.807) is 13.8 Å². The zero-order valence-corrected chi connectivity index (χ0v) is 17.5. The number of ether oxygens (including phenoxy) is 2. The summed E-state index contributed by atoms with van der Waals surface area (Å²) in [5.74, 6) is 0.0159. The molecule has 3 rings (SSSR count). The molecule has 1 heterocycles. The van der Waals surface area contributed by atoms with Gasteiger partial charge in [-0.1, -0.05) is 12.5 Å². The Hall–Kier alpha value is -0.870. The summed E-state index contributed by atoms with van der Waals surface area (Å²) in [7, 11) is 0. The van der Waals surface area contributed by atoms with Crippen molar-refractivity contribution in [1.29, 1.82) is 0 Å². The lowest BCUT2D eigenvalue weighted by Gasteiger charge is -2.43. The highest BCUT2D eigenvalue weighted by Crippen LogP contribution is 2.47. The minimum atomic E-state index is -1.52. The number of fused-ring (bicyclic) bond motifs is 1. The van der Waals surface area contributed by atoms with Crippen molar-refractivity contribution in [2.24, 2.45) is 17.8 Å². The van der Waals surface area contributed by atoms with Crippen LogP contribution < -0.4 is 0 Å². The number of hydrogen-bond acceptors (Lipinski definition) is 8. The van der Waals surface area contributed by atoms with Crippen molar-refractivity contribution in [2.45, 2.75) is 89.4 Å². The van der Waals surface area contributed by atoms with Gasteiger partial charge in [0, 0.05) is 12.3 Å². The lowest BCUT2D eigenvalue weighted by Crippen LogP contribution is -2.60. The first-order valence-electron chi connectivity index (χ1n) is 10.4. The number of carbonyl (C=O) groups excluding carboxylic acids is 1. The maximum atomic E-state index is 12.3. The van der Waals surface area contributed by atoms with Gasteiger partial charge >= 0.3 is 0 Å². The number of Topliss-reactive ketones (excluding diaryl/α,β-unsaturated/α-hetero) is 1. The van der Waals surface area contributed by atoms with Gasteiger partial charge in [-0.25, -0.2) is 0 Å². The summed E-state index contributed by atoms with van der Waals surface area (Å²) < 4.78 is 11.6. The summed E-state index contributed by atoms with van der Waals surface area (Å²) >= 11 is 0. The Bertz CT molecular complexity index is 652. The predicted molar refractivity (Wildman–Crippen MR) is 103 cm³/mol. The van der Waals surface area contributed by atoms with Gasteiger partial charge in [0.15, 0.2) is 12.1 Å². The molecular weight excluding hydrogens is 380 g/mol. The Kier molecular flexibility index (Phi) is 6.56. The fourth-order valence-electron chi connectivity index (χ4n) is 5.05. The molecule has 1 aliphatic heterocycles. The average molecular weight is 414 g/mol. The Morgan fingerprint density at radius 1 is 1.14 bits per heavy atom. The Balaban J connectivity index is 1.88. The fraction of sp³-hybridized carbons (Fsp3) is 0.857. The van der Waals surface area contributed by atoms with Crippen molar-refractivity contribution in [3.63, 3.8) is 0 Å². The molecule has 3 aliphatic rings. The molecular formula is C21H34O8.